The fourth-order valence-electron chi connectivity index (χ4n) is 2.04. The van der Waals surface area contributed by atoms with Gasteiger partial charge in [-0.05, 0) is 42.8 Å². The first-order valence-corrected chi connectivity index (χ1v) is 8.24. The standard InChI is InChI=1S/C20H19N3O4/c1-2-26-17-5-3-4-6-18(17)27-14-20(25)23-22-19(24)12-11-15-7-9-16(13-21)10-8-15/h3-12H,2,14H2,1H3,(H,22,24)(H,23,25)/b12-11+. The van der Waals surface area contributed by atoms with Crippen LogP contribution in [0.3, 0.4) is 0 Å². The van der Waals surface area contributed by atoms with E-state index in [1.807, 2.05) is 13.0 Å². The Morgan fingerprint density at radius 1 is 1.04 bits per heavy atom. The quantitative estimate of drug-likeness (QED) is 0.579. The number of carbonyl (C=O) groups excluding carboxylic acids is 2. The van der Waals surface area contributed by atoms with Crippen LogP contribution in [0.5, 0.6) is 11.5 Å². The Bertz CT molecular complexity index is 854. The van der Waals surface area contributed by atoms with E-state index in [0.29, 0.717) is 23.7 Å². The Labute approximate surface area is 157 Å². The van der Waals surface area contributed by atoms with Crippen molar-refractivity contribution in [2.75, 3.05) is 13.2 Å². The van der Waals surface area contributed by atoms with Gasteiger partial charge in [-0.1, -0.05) is 24.3 Å². The Kier molecular flexibility index (Phi) is 7.42. The second-order valence-electron chi connectivity index (χ2n) is 5.27. The molecule has 7 nitrogen and oxygen atoms in total. The minimum Gasteiger partial charge on any atom is -0.490 e. The molecule has 0 aliphatic rings. The van der Waals surface area contributed by atoms with Crippen molar-refractivity contribution in [2.24, 2.45) is 0 Å². The van der Waals surface area contributed by atoms with E-state index < -0.39 is 11.8 Å². The monoisotopic (exact) mass is 365 g/mol. The fourth-order valence-corrected chi connectivity index (χ4v) is 2.04. The molecule has 2 aromatic rings. The third-order valence-corrected chi connectivity index (χ3v) is 3.30. The van der Waals surface area contributed by atoms with Gasteiger partial charge in [-0.3, -0.25) is 20.4 Å². The van der Waals surface area contributed by atoms with Gasteiger partial charge >= 0.3 is 0 Å². The summed E-state index contributed by atoms with van der Waals surface area (Å²) < 4.78 is 10.8. The second-order valence-corrected chi connectivity index (χ2v) is 5.27. The van der Waals surface area contributed by atoms with Crippen molar-refractivity contribution in [3.05, 3.63) is 65.7 Å². The predicted molar refractivity (Wildman–Crippen MR) is 99.6 cm³/mol. The molecule has 2 amide bonds. The summed E-state index contributed by atoms with van der Waals surface area (Å²) in [6, 6.07) is 15.7. The number of rotatable bonds is 7. The van der Waals surface area contributed by atoms with Crippen LogP contribution in [0.15, 0.2) is 54.6 Å². The highest BCUT2D eigenvalue weighted by molar-refractivity contribution is 5.93. The molecule has 2 aromatic carbocycles. The molecule has 0 atom stereocenters. The maximum atomic E-state index is 11.8. The van der Waals surface area contributed by atoms with Crippen LogP contribution < -0.4 is 20.3 Å². The zero-order chi connectivity index (χ0) is 19.5. The number of benzene rings is 2. The van der Waals surface area contributed by atoms with Gasteiger partial charge < -0.3 is 9.47 Å². The van der Waals surface area contributed by atoms with Crippen LogP contribution in [0.4, 0.5) is 0 Å². The highest BCUT2D eigenvalue weighted by atomic mass is 16.5. The number of nitrogens with one attached hydrogen (secondary N) is 2. The van der Waals surface area contributed by atoms with Gasteiger partial charge in [-0.2, -0.15) is 5.26 Å². The molecular weight excluding hydrogens is 346 g/mol. The average molecular weight is 365 g/mol. The Balaban J connectivity index is 1.77. The lowest BCUT2D eigenvalue weighted by molar-refractivity contribution is -0.128. The number of nitriles is 1. The number of nitrogens with zero attached hydrogens (tertiary/aromatic N) is 1. The molecule has 0 unspecified atom stereocenters. The van der Waals surface area contributed by atoms with E-state index in [4.69, 9.17) is 14.7 Å². The number of hydrazine groups is 1. The molecule has 2 rings (SSSR count). The lowest BCUT2D eigenvalue weighted by Gasteiger charge is -2.11. The molecular formula is C20H19N3O4. The van der Waals surface area contributed by atoms with Crippen LogP contribution >= 0.6 is 0 Å². The van der Waals surface area contributed by atoms with Crippen molar-refractivity contribution in [2.45, 2.75) is 6.92 Å². The highest BCUT2D eigenvalue weighted by Crippen LogP contribution is 2.26. The van der Waals surface area contributed by atoms with E-state index in [1.54, 1.807) is 54.6 Å². The van der Waals surface area contributed by atoms with E-state index in [-0.39, 0.29) is 6.61 Å². The largest absolute Gasteiger partial charge is 0.490 e. The molecule has 0 spiro atoms. The third kappa shape index (κ3) is 6.55. The molecule has 0 heterocycles. The van der Waals surface area contributed by atoms with Gasteiger partial charge in [0.1, 0.15) is 0 Å². The smallest absolute Gasteiger partial charge is 0.276 e. The Morgan fingerprint density at radius 3 is 2.33 bits per heavy atom. The lowest BCUT2D eigenvalue weighted by atomic mass is 10.1. The molecule has 0 saturated carbocycles. The minimum atomic E-state index is -0.513. The molecule has 0 saturated heterocycles. The molecule has 27 heavy (non-hydrogen) atoms. The summed E-state index contributed by atoms with van der Waals surface area (Å²) in [5, 5.41) is 8.74. The molecule has 0 fully saturated rings. The first kappa shape index (κ1) is 19.5. The molecule has 138 valence electrons. The van der Waals surface area contributed by atoms with E-state index in [2.05, 4.69) is 10.9 Å². The van der Waals surface area contributed by atoms with Crippen LogP contribution in [0.2, 0.25) is 0 Å². The molecule has 0 aliphatic heterocycles. The molecule has 2 N–H and O–H groups in total. The Hall–Kier alpha value is -3.79. The van der Waals surface area contributed by atoms with Crippen molar-refractivity contribution in [3.8, 4) is 17.6 Å². The van der Waals surface area contributed by atoms with Crippen LogP contribution in [0.1, 0.15) is 18.1 Å². The zero-order valence-corrected chi connectivity index (χ0v) is 14.8. The van der Waals surface area contributed by atoms with Crippen molar-refractivity contribution in [1.29, 1.82) is 5.26 Å². The van der Waals surface area contributed by atoms with Gasteiger partial charge in [-0.15, -0.1) is 0 Å². The van der Waals surface area contributed by atoms with Crippen LogP contribution in [-0.2, 0) is 9.59 Å². The summed E-state index contributed by atoms with van der Waals surface area (Å²) in [5.41, 5.74) is 5.82. The summed E-state index contributed by atoms with van der Waals surface area (Å²) in [6.45, 7) is 2.06. The first-order valence-electron chi connectivity index (χ1n) is 8.24. The van der Waals surface area contributed by atoms with E-state index in [1.165, 1.54) is 6.08 Å². The fraction of sp³-hybridized carbons (Fsp3) is 0.150. The summed E-state index contributed by atoms with van der Waals surface area (Å²) in [4.78, 5) is 23.5. The average Bonchev–Trinajstić information content (AvgIpc) is 2.70. The van der Waals surface area contributed by atoms with Crippen molar-refractivity contribution >= 4 is 17.9 Å². The van der Waals surface area contributed by atoms with Gasteiger partial charge in [0, 0.05) is 6.08 Å². The normalized spacial score (nSPS) is 10.1. The van der Waals surface area contributed by atoms with Gasteiger partial charge in [-0.25, -0.2) is 0 Å². The lowest BCUT2D eigenvalue weighted by Crippen LogP contribution is -2.43. The molecule has 0 bridgehead atoms. The van der Waals surface area contributed by atoms with Gasteiger partial charge in [0.05, 0.1) is 18.2 Å². The topological polar surface area (TPSA) is 100 Å². The number of para-hydroxylation sites is 2. The second kappa shape index (κ2) is 10.3. The maximum absolute atomic E-state index is 11.8. The van der Waals surface area contributed by atoms with Crippen molar-refractivity contribution in [3.63, 3.8) is 0 Å². The number of hydrogen-bond acceptors (Lipinski definition) is 5. The van der Waals surface area contributed by atoms with Gasteiger partial charge in [0.15, 0.2) is 18.1 Å². The van der Waals surface area contributed by atoms with Gasteiger partial charge in [0.25, 0.3) is 11.8 Å². The van der Waals surface area contributed by atoms with Crippen LogP contribution in [0.25, 0.3) is 6.08 Å². The summed E-state index contributed by atoms with van der Waals surface area (Å²) in [7, 11) is 0. The van der Waals surface area contributed by atoms with E-state index >= 15 is 0 Å². The zero-order valence-electron chi connectivity index (χ0n) is 14.8. The van der Waals surface area contributed by atoms with Crippen LogP contribution in [0, 0.1) is 11.3 Å². The molecule has 7 heteroatoms. The minimum absolute atomic E-state index is 0.274. The predicted octanol–water partition coefficient (Wildman–Crippen LogP) is 2.20. The summed E-state index contributed by atoms with van der Waals surface area (Å²) in [5.74, 6) is -0.0208. The molecule has 0 radical (unpaired) electrons. The van der Waals surface area contributed by atoms with Crippen molar-refractivity contribution < 1.29 is 19.1 Å². The van der Waals surface area contributed by atoms with E-state index in [9.17, 15) is 9.59 Å². The molecule has 0 aromatic heterocycles. The first-order chi connectivity index (χ1) is 13.1. The number of amides is 2. The number of ether oxygens (including phenoxy) is 2. The number of carbonyl (C=O) groups is 2. The Morgan fingerprint density at radius 2 is 1.70 bits per heavy atom. The number of hydrogen-bond donors (Lipinski definition) is 2. The third-order valence-electron chi connectivity index (χ3n) is 3.30. The van der Waals surface area contributed by atoms with Gasteiger partial charge in [0.2, 0.25) is 0 Å². The molecule has 0 aliphatic carbocycles. The van der Waals surface area contributed by atoms with Crippen LogP contribution in [-0.4, -0.2) is 25.0 Å². The van der Waals surface area contributed by atoms with Crippen molar-refractivity contribution in [1.82, 2.24) is 10.9 Å². The SMILES string of the molecule is CCOc1ccccc1OCC(=O)NNC(=O)/C=C/c1ccc(C#N)cc1. The summed E-state index contributed by atoms with van der Waals surface area (Å²) in [6.07, 6.45) is 2.84. The highest BCUT2D eigenvalue weighted by Gasteiger charge is 2.07. The maximum Gasteiger partial charge on any atom is 0.276 e. The summed E-state index contributed by atoms with van der Waals surface area (Å²) >= 11 is 0. The van der Waals surface area contributed by atoms with E-state index in [0.717, 1.165) is 5.56 Å².